The molecule has 1 atom stereocenters. The van der Waals surface area contributed by atoms with Crippen molar-refractivity contribution < 1.29 is 8.42 Å². The Morgan fingerprint density at radius 3 is 2.41 bits per heavy atom. The summed E-state index contributed by atoms with van der Waals surface area (Å²) in [5.41, 5.74) is 3.02. The van der Waals surface area contributed by atoms with Crippen LogP contribution < -0.4 is 4.72 Å². The van der Waals surface area contributed by atoms with Crippen molar-refractivity contribution >= 4 is 21.6 Å². The second-order valence-corrected chi connectivity index (χ2v) is 7.64. The number of aryl methyl sites for hydroxylation is 4. The van der Waals surface area contributed by atoms with Crippen LogP contribution in [0.4, 0.5) is 0 Å². The van der Waals surface area contributed by atoms with Crippen LogP contribution in [0.15, 0.2) is 23.2 Å². The SMILES string of the molecule is Cc1cc(S(=O)(=O)NC(C)c2cn(C)nc2C)c(C)cc1Cl. The van der Waals surface area contributed by atoms with Gasteiger partial charge >= 0.3 is 0 Å². The summed E-state index contributed by atoms with van der Waals surface area (Å²) < 4.78 is 29.7. The minimum absolute atomic E-state index is 0.253. The minimum atomic E-state index is -3.63. The molecule has 1 aromatic carbocycles. The first-order valence-electron chi connectivity index (χ1n) is 6.91. The summed E-state index contributed by atoms with van der Waals surface area (Å²) in [6.45, 7) is 7.19. The summed E-state index contributed by atoms with van der Waals surface area (Å²) in [5, 5.41) is 4.81. The van der Waals surface area contributed by atoms with Crippen molar-refractivity contribution in [2.45, 2.75) is 38.6 Å². The molecule has 2 rings (SSSR count). The highest BCUT2D eigenvalue weighted by Gasteiger charge is 2.23. The zero-order valence-electron chi connectivity index (χ0n) is 13.3. The van der Waals surface area contributed by atoms with Crippen LogP contribution in [-0.2, 0) is 17.1 Å². The number of aromatic nitrogens is 2. The van der Waals surface area contributed by atoms with E-state index in [2.05, 4.69) is 9.82 Å². The van der Waals surface area contributed by atoms with Crippen molar-refractivity contribution in [1.29, 1.82) is 0 Å². The van der Waals surface area contributed by atoms with E-state index in [9.17, 15) is 8.42 Å². The van der Waals surface area contributed by atoms with E-state index in [0.29, 0.717) is 10.6 Å². The van der Waals surface area contributed by atoms with E-state index in [4.69, 9.17) is 11.6 Å². The second kappa shape index (κ2) is 6.02. The highest BCUT2D eigenvalue weighted by Crippen LogP contribution is 2.25. The van der Waals surface area contributed by atoms with E-state index in [-0.39, 0.29) is 10.9 Å². The predicted octanol–water partition coefficient (Wildman–Crippen LogP) is 3.04. The number of hydrogen-bond acceptors (Lipinski definition) is 3. The Morgan fingerprint density at radius 2 is 1.86 bits per heavy atom. The maximum atomic E-state index is 12.6. The van der Waals surface area contributed by atoms with Crippen LogP contribution in [0.25, 0.3) is 0 Å². The lowest BCUT2D eigenvalue weighted by molar-refractivity contribution is 0.565. The van der Waals surface area contributed by atoms with Gasteiger partial charge in [-0.3, -0.25) is 4.68 Å². The van der Waals surface area contributed by atoms with Crippen LogP contribution in [0, 0.1) is 20.8 Å². The van der Waals surface area contributed by atoms with Crippen LogP contribution in [0.2, 0.25) is 5.02 Å². The molecule has 0 saturated carbocycles. The van der Waals surface area contributed by atoms with E-state index < -0.39 is 10.0 Å². The van der Waals surface area contributed by atoms with Crippen molar-refractivity contribution in [2.75, 3.05) is 0 Å². The molecule has 0 amide bonds. The normalized spacial score (nSPS) is 13.4. The summed E-state index contributed by atoms with van der Waals surface area (Å²) in [4.78, 5) is 0.253. The van der Waals surface area contributed by atoms with Gasteiger partial charge in [-0.1, -0.05) is 11.6 Å². The van der Waals surface area contributed by atoms with Crippen LogP contribution in [0.5, 0.6) is 0 Å². The molecule has 7 heteroatoms. The van der Waals surface area contributed by atoms with Gasteiger partial charge in [0.2, 0.25) is 10.0 Å². The van der Waals surface area contributed by atoms with Crippen LogP contribution in [-0.4, -0.2) is 18.2 Å². The van der Waals surface area contributed by atoms with Gasteiger partial charge in [0.1, 0.15) is 0 Å². The Balaban J connectivity index is 2.36. The summed E-state index contributed by atoms with van der Waals surface area (Å²) in [7, 11) is -1.82. The van der Waals surface area contributed by atoms with Gasteiger partial charge in [-0.2, -0.15) is 5.10 Å². The molecule has 0 spiro atoms. The van der Waals surface area contributed by atoms with Gasteiger partial charge in [-0.25, -0.2) is 13.1 Å². The summed E-state index contributed by atoms with van der Waals surface area (Å²) in [5.74, 6) is 0. The van der Waals surface area contributed by atoms with Gasteiger partial charge in [-0.15, -0.1) is 0 Å². The highest BCUT2D eigenvalue weighted by atomic mass is 35.5. The molecule has 1 aromatic heterocycles. The molecule has 1 heterocycles. The number of benzene rings is 1. The number of nitrogens with zero attached hydrogens (tertiary/aromatic N) is 2. The molecule has 0 saturated heterocycles. The Kier molecular flexibility index (Phi) is 4.65. The number of halogens is 1. The summed E-state index contributed by atoms with van der Waals surface area (Å²) >= 11 is 6.03. The molecule has 2 aromatic rings. The summed E-state index contributed by atoms with van der Waals surface area (Å²) in [6.07, 6.45) is 1.82. The fourth-order valence-electron chi connectivity index (χ4n) is 2.45. The summed E-state index contributed by atoms with van der Waals surface area (Å²) in [6, 6.07) is 2.91. The molecule has 0 aliphatic heterocycles. The fourth-order valence-corrected chi connectivity index (χ4v) is 4.20. The van der Waals surface area contributed by atoms with Gasteiger partial charge in [0.05, 0.1) is 10.6 Å². The maximum Gasteiger partial charge on any atom is 0.241 e. The molecule has 120 valence electrons. The molecule has 0 bridgehead atoms. The van der Waals surface area contributed by atoms with Crippen molar-refractivity contribution in [2.24, 2.45) is 7.05 Å². The molecule has 1 N–H and O–H groups in total. The number of hydrogen-bond donors (Lipinski definition) is 1. The molecule has 5 nitrogen and oxygen atoms in total. The Morgan fingerprint density at radius 1 is 1.23 bits per heavy atom. The molecule has 22 heavy (non-hydrogen) atoms. The van der Waals surface area contributed by atoms with Crippen molar-refractivity contribution in [3.05, 3.63) is 45.7 Å². The first-order chi connectivity index (χ1) is 10.1. The van der Waals surface area contributed by atoms with Crippen molar-refractivity contribution in [3.63, 3.8) is 0 Å². The number of sulfonamides is 1. The average Bonchev–Trinajstić information content (AvgIpc) is 2.72. The van der Waals surface area contributed by atoms with E-state index in [0.717, 1.165) is 16.8 Å². The molecule has 0 aliphatic carbocycles. The van der Waals surface area contributed by atoms with E-state index in [1.807, 2.05) is 20.2 Å². The van der Waals surface area contributed by atoms with Crippen LogP contribution >= 0.6 is 11.6 Å². The zero-order chi connectivity index (χ0) is 16.7. The van der Waals surface area contributed by atoms with Gasteiger partial charge in [0.25, 0.3) is 0 Å². The lowest BCUT2D eigenvalue weighted by atomic mass is 10.1. The van der Waals surface area contributed by atoms with E-state index >= 15 is 0 Å². The third kappa shape index (κ3) is 3.34. The number of rotatable bonds is 4. The van der Waals surface area contributed by atoms with Gasteiger partial charge in [-0.05, 0) is 51.0 Å². The fraction of sp³-hybridized carbons (Fsp3) is 0.400. The van der Waals surface area contributed by atoms with Gasteiger partial charge in [0.15, 0.2) is 0 Å². The number of nitrogens with one attached hydrogen (secondary N) is 1. The van der Waals surface area contributed by atoms with Crippen LogP contribution in [0.1, 0.15) is 35.3 Å². The molecular formula is C15H20ClN3O2S. The lowest BCUT2D eigenvalue weighted by Crippen LogP contribution is -2.27. The lowest BCUT2D eigenvalue weighted by Gasteiger charge is -2.16. The molecule has 1 unspecified atom stereocenters. The second-order valence-electron chi connectivity index (χ2n) is 5.55. The maximum absolute atomic E-state index is 12.6. The first-order valence-corrected chi connectivity index (χ1v) is 8.77. The molecule has 0 radical (unpaired) electrons. The smallest absolute Gasteiger partial charge is 0.241 e. The molecular weight excluding hydrogens is 322 g/mol. The quantitative estimate of drug-likeness (QED) is 0.929. The Hall–Kier alpha value is -1.37. The van der Waals surface area contributed by atoms with E-state index in [1.54, 1.807) is 37.6 Å². The Labute approximate surface area is 136 Å². The van der Waals surface area contributed by atoms with Gasteiger partial charge < -0.3 is 0 Å². The minimum Gasteiger partial charge on any atom is -0.275 e. The topological polar surface area (TPSA) is 64.0 Å². The third-order valence-corrected chi connectivity index (χ3v) is 5.69. The van der Waals surface area contributed by atoms with Crippen LogP contribution in [0.3, 0.4) is 0 Å². The van der Waals surface area contributed by atoms with Crippen molar-refractivity contribution in [1.82, 2.24) is 14.5 Å². The standard InChI is InChI=1S/C15H20ClN3O2S/c1-9-7-15(10(2)6-14(9)16)22(20,21)18-12(4)13-8-19(5)17-11(13)3/h6-8,12,18H,1-5H3. The van der Waals surface area contributed by atoms with Gasteiger partial charge in [0, 0.05) is 29.9 Å². The monoisotopic (exact) mass is 341 g/mol. The molecule has 0 aliphatic rings. The predicted molar refractivity (Wildman–Crippen MR) is 87.6 cm³/mol. The van der Waals surface area contributed by atoms with Crippen molar-refractivity contribution in [3.8, 4) is 0 Å². The molecule has 0 fully saturated rings. The highest BCUT2D eigenvalue weighted by molar-refractivity contribution is 7.89. The average molecular weight is 342 g/mol. The largest absolute Gasteiger partial charge is 0.275 e. The van der Waals surface area contributed by atoms with E-state index in [1.165, 1.54) is 0 Å². The third-order valence-electron chi connectivity index (χ3n) is 3.60. The Bertz CT molecular complexity index is 812. The first kappa shape index (κ1) is 17.0. The zero-order valence-corrected chi connectivity index (χ0v) is 14.9.